The molecule has 0 radical (unpaired) electrons. The molecule has 0 aromatic carbocycles. The lowest BCUT2D eigenvalue weighted by Gasteiger charge is -2.02. The van der Waals surface area contributed by atoms with Gasteiger partial charge in [0.15, 0.2) is 0 Å². The summed E-state index contributed by atoms with van der Waals surface area (Å²) in [5.74, 6) is -0.0187. The SMILES string of the molecule is C=C(C)C(=O)Nc1ccnc(=O)[nH]1. The third-order valence-electron chi connectivity index (χ3n) is 1.31. The number of rotatable bonds is 2. The molecule has 1 rings (SSSR count). The standard InChI is InChI=1S/C8H9N3O2/c1-5(2)7(12)10-6-3-4-9-8(13)11-6/h3-4H,1H2,2H3,(H2,9,10,11,12,13). The zero-order valence-corrected chi connectivity index (χ0v) is 7.13. The van der Waals surface area contributed by atoms with Gasteiger partial charge in [-0.3, -0.25) is 9.78 Å². The average molecular weight is 179 g/mol. The largest absolute Gasteiger partial charge is 0.346 e. The molecule has 0 aliphatic rings. The topological polar surface area (TPSA) is 74.8 Å². The lowest BCUT2D eigenvalue weighted by atomic mass is 10.3. The molecule has 0 unspecified atom stereocenters. The monoisotopic (exact) mass is 179 g/mol. The van der Waals surface area contributed by atoms with Crippen molar-refractivity contribution in [1.29, 1.82) is 0 Å². The van der Waals surface area contributed by atoms with Crippen molar-refractivity contribution in [3.05, 3.63) is 34.9 Å². The third-order valence-corrected chi connectivity index (χ3v) is 1.31. The molecule has 1 heterocycles. The van der Waals surface area contributed by atoms with Crippen LogP contribution < -0.4 is 11.0 Å². The Bertz CT molecular complexity index is 394. The van der Waals surface area contributed by atoms with Crippen molar-refractivity contribution in [3.63, 3.8) is 0 Å². The van der Waals surface area contributed by atoms with E-state index in [1.807, 2.05) is 0 Å². The van der Waals surface area contributed by atoms with Gasteiger partial charge in [0.2, 0.25) is 0 Å². The molecule has 0 fully saturated rings. The molecule has 13 heavy (non-hydrogen) atoms. The fraction of sp³-hybridized carbons (Fsp3) is 0.125. The van der Waals surface area contributed by atoms with Crippen LogP contribution in [0.25, 0.3) is 0 Å². The van der Waals surface area contributed by atoms with Crippen LogP contribution in [0.2, 0.25) is 0 Å². The number of nitrogens with one attached hydrogen (secondary N) is 2. The Labute approximate surface area is 74.5 Å². The quantitative estimate of drug-likeness (QED) is 0.640. The summed E-state index contributed by atoms with van der Waals surface area (Å²) in [6.07, 6.45) is 1.31. The van der Waals surface area contributed by atoms with E-state index in [1.54, 1.807) is 6.92 Å². The first-order valence-electron chi connectivity index (χ1n) is 3.62. The van der Waals surface area contributed by atoms with Crippen LogP contribution in [0, 0.1) is 0 Å². The maximum absolute atomic E-state index is 11.1. The minimum Gasteiger partial charge on any atom is -0.308 e. The van der Waals surface area contributed by atoms with Crippen LogP contribution in [-0.4, -0.2) is 15.9 Å². The smallest absolute Gasteiger partial charge is 0.308 e. The van der Waals surface area contributed by atoms with Crippen molar-refractivity contribution in [2.24, 2.45) is 0 Å². The normalized spacial score (nSPS) is 9.31. The summed E-state index contributed by atoms with van der Waals surface area (Å²) in [7, 11) is 0. The molecule has 1 aromatic rings. The molecule has 0 spiro atoms. The van der Waals surface area contributed by atoms with E-state index in [2.05, 4.69) is 21.9 Å². The Morgan fingerprint density at radius 3 is 2.92 bits per heavy atom. The van der Waals surface area contributed by atoms with Crippen molar-refractivity contribution in [1.82, 2.24) is 9.97 Å². The fourth-order valence-electron chi connectivity index (χ4n) is 0.671. The van der Waals surface area contributed by atoms with Crippen molar-refractivity contribution < 1.29 is 4.79 Å². The molecule has 0 saturated heterocycles. The Morgan fingerprint density at radius 1 is 1.69 bits per heavy atom. The Morgan fingerprint density at radius 2 is 2.38 bits per heavy atom. The average Bonchev–Trinajstić information content (AvgIpc) is 2.04. The molecule has 0 aliphatic carbocycles. The van der Waals surface area contributed by atoms with Gasteiger partial charge in [-0.05, 0) is 13.0 Å². The third kappa shape index (κ3) is 2.55. The molecular formula is C8H9N3O2. The van der Waals surface area contributed by atoms with Gasteiger partial charge >= 0.3 is 5.69 Å². The molecule has 0 bridgehead atoms. The number of anilines is 1. The van der Waals surface area contributed by atoms with Crippen molar-refractivity contribution >= 4 is 11.7 Å². The zero-order valence-electron chi connectivity index (χ0n) is 7.13. The maximum atomic E-state index is 11.1. The second-order valence-corrected chi connectivity index (χ2v) is 2.52. The van der Waals surface area contributed by atoms with Crippen molar-refractivity contribution in [2.45, 2.75) is 6.92 Å². The second kappa shape index (κ2) is 3.66. The van der Waals surface area contributed by atoms with Gasteiger partial charge in [-0.25, -0.2) is 9.78 Å². The van der Waals surface area contributed by atoms with Gasteiger partial charge in [-0.2, -0.15) is 0 Å². The fourth-order valence-corrected chi connectivity index (χ4v) is 0.671. The molecular weight excluding hydrogens is 170 g/mol. The van der Waals surface area contributed by atoms with Crippen LogP contribution in [0.3, 0.4) is 0 Å². The minimum atomic E-state index is -0.500. The predicted molar refractivity (Wildman–Crippen MR) is 48.3 cm³/mol. The molecule has 2 N–H and O–H groups in total. The van der Waals surface area contributed by atoms with Gasteiger partial charge in [-0.15, -0.1) is 0 Å². The number of H-pyrrole nitrogens is 1. The molecule has 0 atom stereocenters. The van der Waals surface area contributed by atoms with E-state index < -0.39 is 5.69 Å². The summed E-state index contributed by atoms with van der Waals surface area (Å²) in [5.41, 5.74) is -0.128. The molecule has 5 heteroatoms. The lowest BCUT2D eigenvalue weighted by Crippen LogP contribution is -2.17. The first-order valence-corrected chi connectivity index (χ1v) is 3.62. The van der Waals surface area contributed by atoms with Gasteiger partial charge in [0, 0.05) is 11.8 Å². The van der Waals surface area contributed by atoms with Gasteiger partial charge in [0.25, 0.3) is 5.91 Å². The summed E-state index contributed by atoms with van der Waals surface area (Å²) in [6, 6.07) is 1.49. The minimum absolute atomic E-state index is 0.313. The van der Waals surface area contributed by atoms with E-state index >= 15 is 0 Å². The van der Waals surface area contributed by atoms with E-state index in [0.29, 0.717) is 11.4 Å². The first-order chi connectivity index (χ1) is 6.09. The number of carbonyl (C=O) groups is 1. The van der Waals surface area contributed by atoms with Crippen LogP contribution in [0.4, 0.5) is 5.82 Å². The highest BCUT2D eigenvalue weighted by Crippen LogP contribution is 1.98. The number of amides is 1. The maximum Gasteiger partial charge on any atom is 0.346 e. The van der Waals surface area contributed by atoms with Crippen LogP contribution in [0.15, 0.2) is 29.2 Å². The lowest BCUT2D eigenvalue weighted by molar-refractivity contribution is -0.112. The van der Waals surface area contributed by atoms with Crippen LogP contribution in [0.1, 0.15) is 6.92 Å². The Hall–Kier alpha value is -1.91. The van der Waals surface area contributed by atoms with Gasteiger partial charge in [-0.1, -0.05) is 6.58 Å². The van der Waals surface area contributed by atoms with E-state index in [9.17, 15) is 9.59 Å². The second-order valence-electron chi connectivity index (χ2n) is 2.52. The molecule has 1 aromatic heterocycles. The number of hydrogen-bond donors (Lipinski definition) is 2. The highest BCUT2D eigenvalue weighted by atomic mass is 16.2. The van der Waals surface area contributed by atoms with Crippen molar-refractivity contribution in [2.75, 3.05) is 5.32 Å². The number of aromatic amines is 1. The summed E-state index contributed by atoms with van der Waals surface area (Å²) in [4.78, 5) is 27.5. The summed E-state index contributed by atoms with van der Waals surface area (Å²) >= 11 is 0. The van der Waals surface area contributed by atoms with E-state index in [4.69, 9.17) is 0 Å². The molecule has 5 nitrogen and oxygen atoms in total. The summed E-state index contributed by atoms with van der Waals surface area (Å²) < 4.78 is 0. The van der Waals surface area contributed by atoms with E-state index in [0.717, 1.165) is 0 Å². The Kier molecular flexibility index (Phi) is 2.59. The number of carbonyl (C=O) groups excluding carboxylic acids is 1. The van der Waals surface area contributed by atoms with Gasteiger partial charge < -0.3 is 5.32 Å². The van der Waals surface area contributed by atoms with Gasteiger partial charge in [0.05, 0.1) is 0 Å². The highest BCUT2D eigenvalue weighted by Gasteiger charge is 2.01. The Balaban J connectivity index is 2.81. The zero-order chi connectivity index (χ0) is 9.84. The number of aromatic nitrogens is 2. The first kappa shape index (κ1) is 9.18. The molecule has 1 amide bonds. The van der Waals surface area contributed by atoms with Crippen LogP contribution in [0.5, 0.6) is 0 Å². The van der Waals surface area contributed by atoms with Crippen LogP contribution >= 0.6 is 0 Å². The van der Waals surface area contributed by atoms with E-state index in [1.165, 1.54) is 12.3 Å². The predicted octanol–water partition coefficient (Wildman–Crippen LogP) is 0.284. The molecule has 0 aliphatic heterocycles. The molecule has 0 saturated carbocycles. The number of nitrogens with zero attached hydrogens (tertiary/aromatic N) is 1. The van der Waals surface area contributed by atoms with Gasteiger partial charge in [0.1, 0.15) is 5.82 Å². The molecule has 68 valence electrons. The summed E-state index contributed by atoms with van der Waals surface area (Å²) in [5, 5.41) is 2.45. The summed E-state index contributed by atoms with van der Waals surface area (Å²) in [6.45, 7) is 5.03. The number of hydrogen-bond acceptors (Lipinski definition) is 3. The van der Waals surface area contributed by atoms with Crippen molar-refractivity contribution in [3.8, 4) is 0 Å². The highest BCUT2D eigenvalue weighted by molar-refractivity contribution is 6.02. The van der Waals surface area contributed by atoms with Crippen LogP contribution in [-0.2, 0) is 4.79 Å². The van der Waals surface area contributed by atoms with E-state index in [-0.39, 0.29) is 5.91 Å².